The molecule has 0 fully saturated rings. The molecule has 0 atom stereocenters. The maximum atomic E-state index is 5.56. The van der Waals surface area contributed by atoms with E-state index >= 15 is 0 Å². The average molecular weight is 485 g/mol. The van der Waals surface area contributed by atoms with E-state index in [9.17, 15) is 0 Å². The Labute approximate surface area is 175 Å². The highest BCUT2D eigenvalue weighted by molar-refractivity contribution is 14.0. The number of aliphatic imine (C=N–C) groups is 1. The SMILES string of the molecule is CCNC(=NCc1coc(-c2cccs2)n1)N(C)Cc1cccn1C.I. The number of rotatable bonds is 6. The fraction of sp³-hybridized carbons (Fsp3) is 0.333. The van der Waals surface area contributed by atoms with Crippen molar-refractivity contribution in [3.8, 4) is 10.8 Å². The van der Waals surface area contributed by atoms with Crippen LogP contribution in [0.5, 0.6) is 0 Å². The molecule has 140 valence electrons. The van der Waals surface area contributed by atoms with Gasteiger partial charge in [0.15, 0.2) is 5.96 Å². The lowest BCUT2D eigenvalue weighted by Crippen LogP contribution is -2.38. The summed E-state index contributed by atoms with van der Waals surface area (Å²) in [5.74, 6) is 1.51. The lowest BCUT2D eigenvalue weighted by Gasteiger charge is -2.22. The molecule has 0 saturated carbocycles. The van der Waals surface area contributed by atoms with E-state index in [0.717, 1.165) is 29.6 Å². The number of aromatic nitrogens is 2. The van der Waals surface area contributed by atoms with Crippen LogP contribution in [0.15, 0.2) is 51.5 Å². The zero-order valence-electron chi connectivity index (χ0n) is 15.2. The summed E-state index contributed by atoms with van der Waals surface area (Å²) < 4.78 is 7.67. The quantitative estimate of drug-likeness (QED) is 0.326. The van der Waals surface area contributed by atoms with E-state index in [0.29, 0.717) is 12.4 Å². The molecule has 3 rings (SSSR count). The molecule has 0 aliphatic carbocycles. The first-order valence-electron chi connectivity index (χ1n) is 8.25. The molecule has 3 aromatic rings. The molecule has 0 radical (unpaired) electrons. The normalized spacial score (nSPS) is 11.3. The van der Waals surface area contributed by atoms with E-state index in [4.69, 9.17) is 9.41 Å². The molecular formula is C18H24IN5OS. The van der Waals surface area contributed by atoms with Gasteiger partial charge in [0.1, 0.15) is 12.0 Å². The molecule has 8 heteroatoms. The molecule has 6 nitrogen and oxygen atoms in total. The summed E-state index contributed by atoms with van der Waals surface area (Å²) in [7, 11) is 4.09. The Hall–Kier alpha value is -1.81. The average Bonchev–Trinajstić information content (AvgIpc) is 3.33. The number of oxazole rings is 1. The van der Waals surface area contributed by atoms with Gasteiger partial charge in [-0.2, -0.15) is 0 Å². The first kappa shape index (κ1) is 20.5. The minimum atomic E-state index is 0. The molecule has 0 aromatic carbocycles. The van der Waals surface area contributed by atoms with Crippen molar-refractivity contribution >= 4 is 41.3 Å². The first-order chi connectivity index (χ1) is 12.2. The molecule has 0 spiro atoms. The smallest absolute Gasteiger partial charge is 0.236 e. The van der Waals surface area contributed by atoms with Crippen LogP contribution in [-0.2, 0) is 20.1 Å². The summed E-state index contributed by atoms with van der Waals surface area (Å²) in [6.45, 7) is 4.15. The Balaban J connectivity index is 0.00000243. The number of guanidine groups is 1. The summed E-state index contributed by atoms with van der Waals surface area (Å²) >= 11 is 1.62. The largest absolute Gasteiger partial charge is 0.443 e. The van der Waals surface area contributed by atoms with Crippen LogP contribution in [0.25, 0.3) is 10.8 Å². The Morgan fingerprint density at radius 3 is 2.88 bits per heavy atom. The van der Waals surface area contributed by atoms with Crippen LogP contribution < -0.4 is 5.32 Å². The number of hydrogen-bond donors (Lipinski definition) is 1. The highest BCUT2D eigenvalue weighted by atomic mass is 127. The van der Waals surface area contributed by atoms with Crippen molar-refractivity contribution in [2.45, 2.75) is 20.0 Å². The van der Waals surface area contributed by atoms with E-state index in [-0.39, 0.29) is 24.0 Å². The van der Waals surface area contributed by atoms with E-state index in [1.165, 1.54) is 5.69 Å². The predicted molar refractivity (Wildman–Crippen MR) is 117 cm³/mol. The van der Waals surface area contributed by atoms with E-state index in [2.05, 4.69) is 52.1 Å². The molecule has 0 unspecified atom stereocenters. The first-order valence-corrected chi connectivity index (χ1v) is 9.13. The highest BCUT2D eigenvalue weighted by Crippen LogP contribution is 2.23. The van der Waals surface area contributed by atoms with Gasteiger partial charge in [-0.3, -0.25) is 0 Å². The molecule has 26 heavy (non-hydrogen) atoms. The second-order valence-electron chi connectivity index (χ2n) is 5.76. The maximum Gasteiger partial charge on any atom is 0.236 e. The second kappa shape index (κ2) is 9.77. The summed E-state index contributed by atoms with van der Waals surface area (Å²) in [6, 6.07) is 8.16. The minimum absolute atomic E-state index is 0. The van der Waals surface area contributed by atoms with Gasteiger partial charge in [0.05, 0.1) is 18.0 Å². The third-order valence-electron chi connectivity index (χ3n) is 3.82. The number of thiophene rings is 1. The molecule has 0 aliphatic rings. The van der Waals surface area contributed by atoms with E-state index in [1.54, 1.807) is 17.6 Å². The van der Waals surface area contributed by atoms with Crippen molar-refractivity contribution in [1.29, 1.82) is 0 Å². The number of aryl methyl sites for hydroxylation is 1. The molecule has 0 bridgehead atoms. The van der Waals surface area contributed by atoms with Crippen LogP contribution >= 0.6 is 35.3 Å². The molecule has 3 heterocycles. The number of nitrogens with one attached hydrogen (secondary N) is 1. The van der Waals surface area contributed by atoms with Crippen molar-refractivity contribution in [3.63, 3.8) is 0 Å². The summed E-state index contributed by atoms with van der Waals surface area (Å²) in [4.78, 5) is 12.4. The zero-order chi connectivity index (χ0) is 17.6. The van der Waals surface area contributed by atoms with Gasteiger partial charge in [0, 0.05) is 32.5 Å². The lowest BCUT2D eigenvalue weighted by atomic mass is 10.4. The van der Waals surface area contributed by atoms with Crippen molar-refractivity contribution in [2.24, 2.45) is 12.0 Å². The van der Waals surface area contributed by atoms with Gasteiger partial charge in [0.2, 0.25) is 5.89 Å². The van der Waals surface area contributed by atoms with Gasteiger partial charge in [-0.15, -0.1) is 35.3 Å². The highest BCUT2D eigenvalue weighted by Gasteiger charge is 2.10. The number of halogens is 1. The van der Waals surface area contributed by atoms with Gasteiger partial charge < -0.3 is 19.2 Å². The Morgan fingerprint density at radius 2 is 2.23 bits per heavy atom. The van der Waals surface area contributed by atoms with Crippen LogP contribution in [0, 0.1) is 0 Å². The summed E-state index contributed by atoms with van der Waals surface area (Å²) in [5.41, 5.74) is 2.06. The van der Waals surface area contributed by atoms with Crippen LogP contribution in [0.4, 0.5) is 0 Å². The van der Waals surface area contributed by atoms with Gasteiger partial charge in [-0.05, 0) is 30.5 Å². The standard InChI is InChI=1S/C18H23N5OS.HI/c1-4-19-18(23(3)12-15-7-5-9-22(15)2)20-11-14-13-24-17(21-14)16-8-6-10-25-16;/h5-10,13H,4,11-12H2,1-3H3,(H,19,20);1H. The van der Waals surface area contributed by atoms with Crippen LogP contribution in [0.2, 0.25) is 0 Å². The summed E-state index contributed by atoms with van der Waals surface area (Å²) in [5, 5.41) is 5.34. The maximum absolute atomic E-state index is 5.56. The topological polar surface area (TPSA) is 58.6 Å². The third-order valence-corrected chi connectivity index (χ3v) is 4.68. The summed E-state index contributed by atoms with van der Waals surface area (Å²) in [6.07, 6.45) is 3.73. The van der Waals surface area contributed by atoms with Crippen LogP contribution in [0.3, 0.4) is 0 Å². The second-order valence-corrected chi connectivity index (χ2v) is 6.71. The Morgan fingerprint density at radius 1 is 1.38 bits per heavy atom. The molecule has 3 aromatic heterocycles. The van der Waals surface area contributed by atoms with Gasteiger partial charge in [-0.1, -0.05) is 6.07 Å². The van der Waals surface area contributed by atoms with Crippen LogP contribution in [-0.4, -0.2) is 34.0 Å². The number of nitrogens with zero attached hydrogens (tertiary/aromatic N) is 4. The Kier molecular flexibility index (Phi) is 7.70. The van der Waals surface area contributed by atoms with E-state index in [1.807, 2.05) is 24.6 Å². The fourth-order valence-corrected chi connectivity index (χ4v) is 3.15. The van der Waals surface area contributed by atoms with Gasteiger partial charge in [-0.25, -0.2) is 9.98 Å². The van der Waals surface area contributed by atoms with Gasteiger partial charge >= 0.3 is 0 Å². The fourth-order valence-electron chi connectivity index (χ4n) is 2.50. The molecule has 0 aliphatic heterocycles. The van der Waals surface area contributed by atoms with Crippen molar-refractivity contribution in [2.75, 3.05) is 13.6 Å². The van der Waals surface area contributed by atoms with E-state index < -0.39 is 0 Å². The monoisotopic (exact) mass is 485 g/mol. The number of hydrogen-bond acceptors (Lipinski definition) is 4. The molecule has 0 amide bonds. The van der Waals surface area contributed by atoms with Crippen molar-refractivity contribution in [3.05, 3.63) is 53.5 Å². The zero-order valence-corrected chi connectivity index (χ0v) is 18.3. The third kappa shape index (κ3) is 5.10. The molecule has 1 N–H and O–H groups in total. The molecular weight excluding hydrogens is 461 g/mol. The van der Waals surface area contributed by atoms with Gasteiger partial charge in [0.25, 0.3) is 0 Å². The van der Waals surface area contributed by atoms with Crippen molar-refractivity contribution in [1.82, 2.24) is 19.8 Å². The van der Waals surface area contributed by atoms with Crippen LogP contribution in [0.1, 0.15) is 18.3 Å². The van der Waals surface area contributed by atoms with Crippen molar-refractivity contribution < 1.29 is 4.42 Å². The Bertz CT molecular complexity index is 824. The predicted octanol–water partition coefficient (Wildman–Crippen LogP) is 3.96. The molecule has 0 saturated heterocycles. The minimum Gasteiger partial charge on any atom is -0.443 e. The lowest BCUT2D eigenvalue weighted by molar-refractivity contribution is 0.461.